The van der Waals surface area contributed by atoms with E-state index in [0.717, 1.165) is 18.2 Å². The predicted octanol–water partition coefficient (Wildman–Crippen LogP) is 3.90. The van der Waals surface area contributed by atoms with E-state index in [1.165, 1.54) is 24.3 Å². The molecule has 0 saturated heterocycles. The van der Waals surface area contributed by atoms with Crippen LogP contribution < -0.4 is 10.5 Å². The summed E-state index contributed by atoms with van der Waals surface area (Å²) in [7, 11) is 0. The highest BCUT2D eigenvalue weighted by Crippen LogP contribution is 2.28. The minimum Gasteiger partial charge on any atom is -0.508 e. The van der Waals surface area contributed by atoms with Gasteiger partial charge in [-0.15, -0.1) is 25.6 Å². The van der Waals surface area contributed by atoms with Crippen LogP contribution in [0.15, 0.2) is 42.5 Å². The summed E-state index contributed by atoms with van der Waals surface area (Å²) in [5.74, 6) is -1.32. The summed E-state index contributed by atoms with van der Waals surface area (Å²) in [6, 6.07) is 7.47. The van der Waals surface area contributed by atoms with Crippen LogP contribution >= 0.6 is 12.4 Å². The molecule has 1 atom stereocenters. The molecule has 0 amide bonds. The van der Waals surface area contributed by atoms with E-state index in [-0.39, 0.29) is 29.5 Å². The van der Waals surface area contributed by atoms with Crippen LogP contribution in [0.3, 0.4) is 0 Å². The van der Waals surface area contributed by atoms with Gasteiger partial charge < -0.3 is 15.6 Å². The number of rotatable bonds is 3. The molecule has 0 fully saturated rings. The molecule has 0 aliphatic rings. The van der Waals surface area contributed by atoms with E-state index < -0.39 is 18.2 Å². The van der Waals surface area contributed by atoms with Gasteiger partial charge in [0.15, 0.2) is 0 Å². The van der Waals surface area contributed by atoms with Crippen molar-refractivity contribution in [2.24, 2.45) is 5.73 Å². The molecule has 0 saturated carbocycles. The topological polar surface area (TPSA) is 55.5 Å². The summed E-state index contributed by atoms with van der Waals surface area (Å²) in [4.78, 5) is 0. The molecule has 2 rings (SSSR count). The Morgan fingerprint density at radius 2 is 1.64 bits per heavy atom. The molecule has 120 valence electrons. The number of nitrogens with two attached hydrogens (primary N) is 1. The highest BCUT2D eigenvalue weighted by Gasteiger charge is 2.31. The van der Waals surface area contributed by atoms with Gasteiger partial charge >= 0.3 is 6.36 Å². The third-order valence-electron chi connectivity index (χ3n) is 2.79. The van der Waals surface area contributed by atoms with Crippen LogP contribution in [-0.2, 0) is 0 Å². The van der Waals surface area contributed by atoms with Crippen molar-refractivity contribution in [2.45, 2.75) is 12.4 Å². The Morgan fingerprint density at radius 1 is 1.05 bits per heavy atom. The third kappa shape index (κ3) is 4.51. The van der Waals surface area contributed by atoms with Crippen molar-refractivity contribution in [3.63, 3.8) is 0 Å². The highest BCUT2D eigenvalue weighted by atomic mass is 35.5. The average molecular weight is 338 g/mol. The molecule has 2 aromatic rings. The lowest BCUT2D eigenvalue weighted by atomic mass is 9.99. The van der Waals surface area contributed by atoms with Crippen LogP contribution in [0.25, 0.3) is 0 Å². The second-order valence-corrected chi connectivity index (χ2v) is 4.30. The average Bonchev–Trinajstić information content (AvgIpc) is 2.37. The molecule has 0 heterocycles. The fraction of sp³-hybridized carbons (Fsp3) is 0.143. The molecule has 0 bridgehead atoms. The van der Waals surface area contributed by atoms with Gasteiger partial charge in [-0.25, -0.2) is 4.39 Å². The van der Waals surface area contributed by atoms with Gasteiger partial charge in [-0.1, -0.05) is 18.2 Å². The molecule has 0 radical (unpaired) electrons. The second-order valence-electron chi connectivity index (χ2n) is 4.30. The monoisotopic (exact) mass is 337 g/mol. The summed E-state index contributed by atoms with van der Waals surface area (Å²) in [6.07, 6.45) is -4.77. The second kappa shape index (κ2) is 6.85. The van der Waals surface area contributed by atoms with E-state index in [1.54, 1.807) is 0 Å². The molecule has 2 aromatic carbocycles. The first-order valence-electron chi connectivity index (χ1n) is 5.86. The Bertz CT molecular complexity index is 632. The molecule has 3 N–H and O–H groups in total. The van der Waals surface area contributed by atoms with Crippen molar-refractivity contribution in [1.82, 2.24) is 0 Å². The number of phenolic OH excluding ortho intramolecular Hbond substituents is 1. The van der Waals surface area contributed by atoms with Crippen molar-refractivity contribution in [3.8, 4) is 11.5 Å². The van der Waals surface area contributed by atoms with E-state index in [0.29, 0.717) is 5.56 Å². The maximum absolute atomic E-state index is 13.7. The summed E-state index contributed by atoms with van der Waals surface area (Å²) < 4.78 is 53.5. The molecular formula is C14H12ClF4NO2. The fourth-order valence-electron chi connectivity index (χ4n) is 1.82. The van der Waals surface area contributed by atoms with Crippen molar-refractivity contribution >= 4 is 12.4 Å². The van der Waals surface area contributed by atoms with Crippen LogP contribution in [0, 0.1) is 5.82 Å². The largest absolute Gasteiger partial charge is 0.573 e. The van der Waals surface area contributed by atoms with Crippen LogP contribution in [0.2, 0.25) is 0 Å². The molecule has 3 nitrogen and oxygen atoms in total. The van der Waals surface area contributed by atoms with E-state index in [2.05, 4.69) is 4.74 Å². The molecule has 8 heteroatoms. The van der Waals surface area contributed by atoms with Crippen LogP contribution in [0.4, 0.5) is 17.6 Å². The Labute approximate surface area is 129 Å². The third-order valence-corrected chi connectivity index (χ3v) is 2.79. The number of hydrogen-bond donors (Lipinski definition) is 2. The molecule has 0 aromatic heterocycles. The number of halogens is 5. The van der Waals surface area contributed by atoms with Crippen molar-refractivity contribution in [2.75, 3.05) is 0 Å². The number of ether oxygens (including phenoxy) is 1. The Hall–Kier alpha value is -1.99. The smallest absolute Gasteiger partial charge is 0.508 e. The van der Waals surface area contributed by atoms with Gasteiger partial charge in [0.05, 0.1) is 6.04 Å². The van der Waals surface area contributed by atoms with Crippen molar-refractivity contribution in [1.29, 1.82) is 0 Å². The summed E-state index contributed by atoms with van der Waals surface area (Å²) in [5, 5.41) is 9.13. The number of alkyl halides is 3. The minimum atomic E-state index is -4.77. The first kappa shape index (κ1) is 18.1. The summed E-state index contributed by atoms with van der Waals surface area (Å²) >= 11 is 0. The SMILES string of the molecule is Cl.N[C@@H](c1ccc(OC(F)(F)F)cc1)c1ccc(O)cc1F. The van der Waals surface area contributed by atoms with Gasteiger partial charge in [0.1, 0.15) is 17.3 Å². The number of benzene rings is 2. The lowest BCUT2D eigenvalue weighted by Gasteiger charge is -2.15. The Balaban J connectivity index is 0.00000242. The van der Waals surface area contributed by atoms with Gasteiger partial charge in [-0.3, -0.25) is 0 Å². The van der Waals surface area contributed by atoms with Crippen LogP contribution in [-0.4, -0.2) is 11.5 Å². The lowest BCUT2D eigenvalue weighted by Crippen LogP contribution is -2.17. The van der Waals surface area contributed by atoms with Gasteiger partial charge in [-0.05, 0) is 23.8 Å². The molecular weight excluding hydrogens is 326 g/mol. The zero-order valence-electron chi connectivity index (χ0n) is 11.0. The summed E-state index contributed by atoms with van der Waals surface area (Å²) in [6.45, 7) is 0. The van der Waals surface area contributed by atoms with Gasteiger partial charge in [0.2, 0.25) is 0 Å². The zero-order chi connectivity index (χ0) is 15.6. The normalized spacial score (nSPS) is 12.4. The molecule has 0 aliphatic heterocycles. The van der Waals surface area contributed by atoms with Crippen LogP contribution in [0.5, 0.6) is 11.5 Å². The summed E-state index contributed by atoms with van der Waals surface area (Å²) in [5.41, 5.74) is 6.39. The molecule has 0 aliphatic carbocycles. The Morgan fingerprint density at radius 3 is 2.14 bits per heavy atom. The van der Waals surface area contributed by atoms with Gasteiger partial charge in [0, 0.05) is 11.6 Å². The quantitative estimate of drug-likeness (QED) is 0.835. The van der Waals surface area contributed by atoms with E-state index >= 15 is 0 Å². The first-order chi connectivity index (χ1) is 9.76. The zero-order valence-corrected chi connectivity index (χ0v) is 11.8. The van der Waals surface area contributed by atoms with Crippen molar-refractivity contribution in [3.05, 3.63) is 59.4 Å². The minimum absolute atomic E-state index is 0. The van der Waals surface area contributed by atoms with Crippen molar-refractivity contribution < 1.29 is 27.4 Å². The highest BCUT2D eigenvalue weighted by molar-refractivity contribution is 5.85. The fourth-order valence-corrected chi connectivity index (χ4v) is 1.82. The Kier molecular flexibility index (Phi) is 5.62. The van der Waals surface area contributed by atoms with E-state index in [1.807, 2.05) is 0 Å². The molecule has 0 spiro atoms. The number of aromatic hydroxyl groups is 1. The standard InChI is InChI=1S/C14H11F4NO2.ClH/c15-12-7-9(20)3-6-11(12)13(19)8-1-4-10(5-2-8)21-14(16,17)18;/h1-7,13,20H,19H2;1H/t13-;/m0./s1. The molecule has 22 heavy (non-hydrogen) atoms. The predicted molar refractivity (Wildman–Crippen MR) is 74.5 cm³/mol. The number of phenols is 1. The van der Waals surface area contributed by atoms with Gasteiger partial charge in [-0.2, -0.15) is 0 Å². The van der Waals surface area contributed by atoms with E-state index in [4.69, 9.17) is 10.8 Å². The van der Waals surface area contributed by atoms with E-state index in [9.17, 15) is 17.6 Å². The maximum atomic E-state index is 13.7. The molecule has 0 unspecified atom stereocenters. The number of hydrogen-bond acceptors (Lipinski definition) is 3. The first-order valence-corrected chi connectivity index (χ1v) is 5.86. The lowest BCUT2D eigenvalue weighted by molar-refractivity contribution is -0.274. The van der Waals surface area contributed by atoms with Gasteiger partial charge in [0.25, 0.3) is 0 Å². The van der Waals surface area contributed by atoms with Crippen LogP contribution in [0.1, 0.15) is 17.2 Å². The maximum Gasteiger partial charge on any atom is 0.573 e.